The molecule has 1 aliphatic carbocycles. The average molecular weight is 449 g/mol. The second-order valence-corrected chi connectivity index (χ2v) is 9.22. The monoisotopic (exact) mass is 448 g/mol. The Labute approximate surface area is 193 Å². The highest BCUT2D eigenvalue weighted by molar-refractivity contribution is 6.00. The van der Waals surface area contributed by atoms with Gasteiger partial charge in [0.2, 0.25) is 0 Å². The fourth-order valence-corrected chi connectivity index (χ4v) is 5.29. The van der Waals surface area contributed by atoms with E-state index in [4.69, 9.17) is 5.26 Å². The van der Waals surface area contributed by atoms with Crippen molar-refractivity contribution in [1.82, 2.24) is 4.90 Å². The molecule has 0 atom stereocenters. The molecule has 2 aliphatic rings. The van der Waals surface area contributed by atoms with E-state index < -0.39 is 11.6 Å². The Hall–Kier alpha value is -3.20. The van der Waals surface area contributed by atoms with Crippen molar-refractivity contribution in [2.45, 2.75) is 64.0 Å². The van der Waals surface area contributed by atoms with Crippen LogP contribution in [-0.4, -0.2) is 35.0 Å². The maximum absolute atomic E-state index is 15.6. The van der Waals surface area contributed by atoms with Gasteiger partial charge in [-0.25, -0.2) is 9.18 Å². The van der Waals surface area contributed by atoms with Crippen LogP contribution in [0.25, 0.3) is 0 Å². The van der Waals surface area contributed by atoms with E-state index in [9.17, 15) is 14.7 Å². The van der Waals surface area contributed by atoms with Crippen molar-refractivity contribution in [3.8, 4) is 6.07 Å². The fourth-order valence-electron chi connectivity index (χ4n) is 5.29. The van der Waals surface area contributed by atoms with Crippen molar-refractivity contribution in [2.24, 2.45) is 0 Å². The molecule has 1 amide bonds. The lowest BCUT2D eigenvalue weighted by atomic mass is 9.74. The lowest BCUT2D eigenvalue weighted by molar-refractivity contribution is 0.0420. The van der Waals surface area contributed by atoms with Crippen molar-refractivity contribution in [3.05, 3.63) is 69.3 Å². The minimum atomic E-state index is -1.55. The van der Waals surface area contributed by atoms with Gasteiger partial charge in [0, 0.05) is 31.5 Å². The average Bonchev–Trinajstić information content (AvgIpc) is 2.78. The number of carbonyl (C=O) groups is 2. The van der Waals surface area contributed by atoms with Gasteiger partial charge >= 0.3 is 5.97 Å². The number of piperidine rings is 1. The number of rotatable bonds is 5. The summed E-state index contributed by atoms with van der Waals surface area (Å²) in [6.45, 7) is 4.43. The Balaban J connectivity index is 1.59. The number of halogens is 1. The topological polar surface area (TPSA) is 81.4 Å². The number of nitriles is 1. The predicted molar refractivity (Wildman–Crippen MR) is 123 cm³/mol. The Kier molecular flexibility index (Phi) is 6.25. The van der Waals surface area contributed by atoms with Crippen LogP contribution in [0.1, 0.15) is 93.5 Å². The van der Waals surface area contributed by atoms with E-state index in [0.29, 0.717) is 23.1 Å². The largest absolute Gasteiger partial charge is 0.478 e. The lowest BCUT2D eigenvalue weighted by Crippen LogP contribution is -2.43. The van der Waals surface area contributed by atoms with E-state index in [1.54, 1.807) is 35.2 Å². The molecule has 1 N–H and O–H groups in total. The molecule has 1 aliphatic heterocycles. The Morgan fingerprint density at radius 1 is 1.18 bits per heavy atom. The van der Waals surface area contributed by atoms with Crippen LogP contribution in [0, 0.1) is 18.3 Å². The first-order chi connectivity index (χ1) is 15.8. The summed E-state index contributed by atoms with van der Waals surface area (Å²) in [5.74, 6) is -0.974. The first-order valence-corrected chi connectivity index (χ1v) is 11.7. The van der Waals surface area contributed by atoms with Gasteiger partial charge in [-0.05, 0) is 72.6 Å². The second-order valence-electron chi connectivity index (χ2n) is 9.22. The molecule has 1 saturated carbocycles. The maximum Gasteiger partial charge on any atom is 0.336 e. The zero-order valence-electron chi connectivity index (χ0n) is 19.2. The molecule has 2 aromatic rings. The molecule has 0 aromatic heterocycles. The van der Waals surface area contributed by atoms with Crippen LogP contribution < -0.4 is 0 Å². The molecule has 4 rings (SSSR count). The lowest BCUT2D eigenvalue weighted by Gasteiger charge is -2.37. The van der Waals surface area contributed by atoms with Gasteiger partial charge in [0.1, 0.15) is 5.67 Å². The standard InChI is InChI=1S/C27H29FN2O3/c1-3-21-17(2)24(19-5-4-6-19)23(26(32)33)15-22(21)25(31)30-13-11-27(28,12-14-30)20-9-7-18(16-29)8-10-20/h7-10,15,19H,3-6,11-14H2,1-2H3,(H,32,33). The molecule has 6 heteroatoms. The summed E-state index contributed by atoms with van der Waals surface area (Å²) < 4.78 is 15.6. The molecule has 0 unspecified atom stereocenters. The van der Waals surface area contributed by atoms with Crippen LogP contribution in [0.5, 0.6) is 0 Å². The maximum atomic E-state index is 15.6. The summed E-state index contributed by atoms with van der Waals surface area (Å²) in [6, 6.07) is 10.1. The van der Waals surface area contributed by atoms with Crippen molar-refractivity contribution >= 4 is 11.9 Å². The summed E-state index contributed by atoms with van der Waals surface area (Å²) in [5.41, 5.74) is 2.82. The first kappa shape index (κ1) is 23.0. The molecular formula is C27H29FN2O3. The van der Waals surface area contributed by atoms with Crippen molar-refractivity contribution < 1.29 is 19.1 Å². The van der Waals surface area contributed by atoms with Gasteiger partial charge in [-0.3, -0.25) is 4.79 Å². The van der Waals surface area contributed by atoms with Crippen LogP contribution in [-0.2, 0) is 12.1 Å². The minimum absolute atomic E-state index is 0.164. The quantitative estimate of drug-likeness (QED) is 0.655. The van der Waals surface area contributed by atoms with Crippen LogP contribution in [0.3, 0.4) is 0 Å². The van der Waals surface area contributed by atoms with Gasteiger partial charge in [0.15, 0.2) is 0 Å². The number of nitrogens with zero attached hydrogens (tertiary/aromatic N) is 2. The second kappa shape index (κ2) is 8.97. The molecule has 0 radical (unpaired) electrons. The molecule has 0 bridgehead atoms. The summed E-state index contributed by atoms with van der Waals surface area (Å²) in [6.07, 6.45) is 4.03. The van der Waals surface area contributed by atoms with Crippen LogP contribution in [0.15, 0.2) is 30.3 Å². The number of likely N-dealkylation sites (tertiary alicyclic amines) is 1. The number of benzene rings is 2. The third-order valence-electron chi connectivity index (χ3n) is 7.46. The van der Waals surface area contributed by atoms with E-state index >= 15 is 4.39 Å². The highest BCUT2D eigenvalue weighted by Crippen LogP contribution is 2.42. The van der Waals surface area contributed by atoms with E-state index in [2.05, 4.69) is 0 Å². The molecular weight excluding hydrogens is 419 g/mol. The van der Waals surface area contributed by atoms with Crippen molar-refractivity contribution in [3.63, 3.8) is 0 Å². The predicted octanol–water partition coefficient (Wildman–Crippen LogP) is 5.50. The summed E-state index contributed by atoms with van der Waals surface area (Å²) in [5, 5.41) is 18.8. The number of alkyl halides is 1. The third kappa shape index (κ3) is 4.13. The minimum Gasteiger partial charge on any atom is -0.478 e. The number of carboxylic acid groups (broad SMARTS) is 1. The van der Waals surface area contributed by atoms with E-state index in [0.717, 1.165) is 36.0 Å². The van der Waals surface area contributed by atoms with Crippen LogP contribution in [0.4, 0.5) is 4.39 Å². The third-order valence-corrected chi connectivity index (χ3v) is 7.46. The van der Waals surface area contributed by atoms with Gasteiger partial charge in [0.05, 0.1) is 17.2 Å². The van der Waals surface area contributed by atoms with E-state index in [1.165, 1.54) is 0 Å². The van der Waals surface area contributed by atoms with Crippen molar-refractivity contribution in [1.29, 1.82) is 5.26 Å². The molecule has 1 saturated heterocycles. The number of aromatic carboxylic acids is 1. The molecule has 33 heavy (non-hydrogen) atoms. The SMILES string of the molecule is CCc1c(C(=O)N2CCC(F)(c3ccc(C#N)cc3)CC2)cc(C(=O)O)c(C2CCC2)c1C. The number of hydrogen-bond acceptors (Lipinski definition) is 3. The molecule has 2 fully saturated rings. The Morgan fingerprint density at radius 2 is 1.82 bits per heavy atom. The number of amides is 1. The Morgan fingerprint density at radius 3 is 2.30 bits per heavy atom. The zero-order valence-corrected chi connectivity index (χ0v) is 19.2. The van der Waals surface area contributed by atoms with Crippen molar-refractivity contribution in [2.75, 3.05) is 13.1 Å². The summed E-state index contributed by atoms with van der Waals surface area (Å²) in [7, 11) is 0. The Bertz CT molecular complexity index is 1120. The highest BCUT2D eigenvalue weighted by atomic mass is 19.1. The van der Waals surface area contributed by atoms with Gasteiger partial charge in [-0.15, -0.1) is 0 Å². The molecule has 1 heterocycles. The summed E-state index contributed by atoms with van der Waals surface area (Å²) in [4.78, 5) is 27.2. The number of carbonyl (C=O) groups excluding carboxylic acids is 1. The number of hydrogen-bond donors (Lipinski definition) is 1. The molecule has 2 aromatic carbocycles. The van der Waals surface area contributed by atoms with E-state index in [1.807, 2.05) is 19.9 Å². The molecule has 5 nitrogen and oxygen atoms in total. The molecule has 172 valence electrons. The highest BCUT2D eigenvalue weighted by Gasteiger charge is 2.38. The normalized spacial score (nSPS) is 17.8. The smallest absolute Gasteiger partial charge is 0.336 e. The zero-order chi connectivity index (χ0) is 23.8. The van der Waals surface area contributed by atoms with E-state index in [-0.39, 0.29) is 43.3 Å². The fraction of sp³-hybridized carbons (Fsp3) is 0.444. The first-order valence-electron chi connectivity index (χ1n) is 11.7. The van der Waals surface area contributed by atoms with Crippen LogP contribution >= 0.6 is 0 Å². The molecule has 0 spiro atoms. The van der Waals surface area contributed by atoms with Gasteiger partial charge in [0.25, 0.3) is 5.91 Å². The number of carboxylic acids is 1. The van der Waals surface area contributed by atoms with Gasteiger partial charge in [-0.1, -0.05) is 25.5 Å². The summed E-state index contributed by atoms with van der Waals surface area (Å²) >= 11 is 0. The van der Waals surface area contributed by atoms with Gasteiger partial charge < -0.3 is 10.0 Å². The van der Waals surface area contributed by atoms with Crippen LogP contribution in [0.2, 0.25) is 0 Å². The van der Waals surface area contributed by atoms with Gasteiger partial charge in [-0.2, -0.15) is 5.26 Å².